The molecule has 6 heteroatoms. The highest BCUT2D eigenvalue weighted by Crippen LogP contribution is 2.20. The Balaban J connectivity index is 0.00000180. The predicted molar refractivity (Wildman–Crippen MR) is 79.3 cm³/mol. The summed E-state index contributed by atoms with van der Waals surface area (Å²) in [7, 11) is 0. The maximum absolute atomic E-state index is 13.4. The molecule has 0 aliphatic carbocycles. The predicted octanol–water partition coefficient (Wildman–Crippen LogP) is 2.88. The molecule has 0 aromatic heterocycles. The summed E-state index contributed by atoms with van der Waals surface area (Å²) in [5.41, 5.74) is 0.154. The summed E-state index contributed by atoms with van der Waals surface area (Å²) in [5.74, 6) is -0.635. The Labute approximate surface area is 126 Å². The molecular formula is C13H17BrClFN2O. The third kappa shape index (κ3) is 4.16. The largest absolute Gasteiger partial charge is 0.347 e. The lowest BCUT2D eigenvalue weighted by molar-refractivity contribution is 0.0887. The number of rotatable bonds is 2. The molecule has 0 bridgehead atoms. The van der Waals surface area contributed by atoms with Gasteiger partial charge >= 0.3 is 0 Å². The minimum absolute atomic E-state index is 0. The summed E-state index contributed by atoms with van der Waals surface area (Å²) >= 11 is 3.07. The van der Waals surface area contributed by atoms with Gasteiger partial charge in [-0.05, 0) is 67.0 Å². The number of carbonyl (C=O) groups excluding carboxylic acids is 1. The molecule has 1 saturated heterocycles. The zero-order valence-corrected chi connectivity index (χ0v) is 13.0. The van der Waals surface area contributed by atoms with E-state index < -0.39 is 5.82 Å². The molecule has 0 unspecified atom stereocenters. The maximum atomic E-state index is 13.4. The van der Waals surface area contributed by atoms with Crippen LogP contribution in [0.4, 0.5) is 4.39 Å². The molecule has 0 radical (unpaired) electrons. The lowest BCUT2D eigenvalue weighted by atomic mass is 9.90. The van der Waals surface area contributed by atoms with Gasteiger partial charge in [0.15, 0.2) is 0 Å². The first-order chi connectivity index (χ1) is 8.50. The Bertz CT molecular complexity index is 464. The molecule has 106 valence electrons. The van der Waals surface area contributed by atoms with Crippen molar-refractivity contribution in [2.75, 3.05) is 13.1 Å². The van der Waals surface area contributed by atoms with Gasteiger partial charge in [0, 0.05) is 11.1 Å². The minimum Gasteiger partial charge on any atom is -0.347 e. The molecule has 2 N–H and O–H groups in total. The van der Waals surface area contributed by atoms with Gasteiger partial charge in [0.25, 0.3) is 5.91 Å². The highest BCUT2D eigenvalue weighted by atomic mass is 79.9. The van der Waals surface area contributed by atoms with Crippen molar-refractivity contribution in [2.45, 2.75) is 25.3 Å². The van der Waals surface area contributed by atoms with Crippen LogP contribution in [0.5, 0.6) is 0 Å². The van der Waals surface area contributed by atoms with Crippen molar-refractivity contribution in [3.63, 3.8) is 0 Å². The fourth-order valence-electron chi connectivity index (χ4n) is 2.09. The third-order valence-corrected chi connectivity index (χ3v) is 3.95. The molecule has 1 aliphatic heterocycles. The summed E-state index contributed by atoms with van der Waals surface area (Å²) in [6.07, 6.45) is 1.77. The van der Waals surface area contributed by atoms with Gasteiger partial charge in [0.2, 0.25) is 0 Å². The van der Waals surface area contributed by atoms with Crippen molar-refractivity contribution in [2.24, 2.45) is 0 Å². The lowest BCUT2D eigenvalue weighted by Gasteiger charge is -2.35. The second-order valence-corrected chi connectivity index (χ2v) is 5.75. The second kappa shape index (κ2) is 6.68. The Kier molecular flexibility index (Phi) is 5.77. The molecule has 19 heavy (non-hydrogen) atoms. The number of carbonyl (C=O) groups is 1. The van der Waals surface area contributed by atoms with Gasteiger partial charge in [0.05, 0.1) is 4.47 Å². The number of nitrogens with one attached hydrogen (secondary N) is 2. The van der Waals surface area contributed by atoms with Crippen molar-refractivity contribution in [1.82, 2.24) is 10.6 Å². The first-order valence-corrected chi connectivity index (χ1v) is 6.78. The zero-order valence-electron chi connectivity index (χ0n) is 10.6. The molecule has 1 aliphatic rings. The van der Waals surface area contributed by atoms with Gasteiger partial charge in [-0.1, -0.05) is 0 Å². The molecule has 1 aromatic carbocycles. The van der Waals surface area contributed by atoms with Crippen molar-refractivity contribution >= 4 is 34.2 Å². The van der Waals surface area contributed by atoms with Crippen molar-refractivity contribution in [1.29, 1.82) is 0 Å². The van der Waals surface area contributed by atoms with Crippen LogP contribution in [-0.2, 0) is 0 Å². The van der Waals surface area contributed by atoms with Gasteiger partial charge in [0.1, 0.15) is 5.82 Å². The van der Waals surface area contributed by atoms with E-state index in [1.807, 2.05) is 6.92 Å². The Hall–Kier alpha value is -0.650. The summed E-state index contributed by atoms with van der Waals surface area (Å²) in [6.45, 7) is 3.82. The van der Waals surface area contributed by atoms with Crippen molar-refractivity contribution in [3.8, 4) is 0 Å². The van der Waals surface area contributed by atoms with E-state index in [0.29, 0.717) is 10.0 Å². The molecule has 0 saturated carbocycles. The quantitative estimate of drug-likeness (QED) is 0.860. The SMILES string of the molecule is CC1(NC(=O)c2ccc(Br)c(F)c2)CCNCC1.Cl. The smallest absolute Gasteiger partial charge is 0.251 e. The minimum atomic E-state index is -0.418. The number of benzene rings is 1. The van der Waals surface area contributed by atoms with Crippen LogP contribution in [-0.4, -0.2) is 24.5 Å². The zero-order chi connectivity index (χ0) is 13.2. The summed E-state index contributed by atoms with van der Waals surface area (Å²) in [6, 6.07) is 4.42. The van der Waals surface area contributed by atoms with Gasteiger partial charge in [-0.15, -0.1) is 12.4 Å². The summed E-state index contributed by atoms with van der Waals surface area (Å²) in [5, 5.41) is 6.25. The van der Waals surface area contributed by atoms with Crippen molar-refractivity contribution in [3.05, 3.63) is 34.1 Å². The lowest BCUT2D eigenvalue weighted by Crippen LogP contribution is -2.52. The van der Waals surface area contributed by atoms with E-state index in [4.69, 9.17) is 0 Å². The van der Waals surface area contributed by atoms with E-state index in [0.717, 1.165) is 25.9 Å². The number of hydrogen-bond acceptors (Lipinski definition) is 2. The molecule has 1 amide bonds. The standard InChI is InChI=1S/C13H16BrFN2O.ClH/c1-13(4-6-16-7-5-13)17-12(18)9-2-3-10(14)11(15)8-9;/h2-3,8,16H,4-7H2,1H3,(H,17,18);1H. The average Bonchev–Trinajstić information content (AvgIpc) is 2.33. The molecular weight excluding hydrogens is 335 g/mol. The number of hydrogen-bond donors (Lipinski definition) is 2. The maximum Gasteiger partial charge on any atom is 0.251 e. The van der Waals surface area contributed by atoms with E-state index in [1.165, 1.54) is 6.07 Å². The first-order valence-electron chi connectivity index (χ1n) is 5.98. The highest BCUT2D eigenvalue weighted by Gasteiger charge is 2.28. The van der Waals surface area contributed by atoms with E-state index in [1.54, 1.807) is 12.1 Å². The van der Waals surface area contributed by atoms with Gasteiger partial charge < -0.3 is 10.6 Å². The van der Waals surface area contributed by atoms with Gasteiger partial charge in [-0.3, -0.25) is 4.79 Å². The molecule has 1 fully saturated rings. The Morgan fingerprint density at radius 3 is 2.63 bits per heavy atom. The van der Waals surface area contributed by atoms with Crippen LogP contribution in [0.15, 0.2) is 22.7 Å². The first kappa shape index (κ1) is 16.4. The molecule has 0 spiro atoms. The van der Waals surface area contributed by atoms with E-state index >= 15 is 0 Å². The van der Waals surface area contributed by atoms with Crippen LogP contribution in [0.1, 0.15) is 30.1 Å². The van der Waals surface area contributed by atoms with E-state index in [-0.39, 0.29) is 23.9 Å². The molecule has 2 rings (SSSR count). The highest BCUT2D eigenvalue weighted by molar-refractivity contribution is 9.10. The van der Waals surface area contributed by atoms with Crippen molar-refractivity contribution < 1.29 is 9.18 Å². The summed E-state index contributed by atoms with van der Waals surface area (Å²) in [4.78, 5) is 12.1. The molecule has 1 aromatic rings. The van der Waals surface area contributed by atoms with Crippen LogP contribution in [0, 0.1) is 5.82 Å². The van der Waals surface area contributed by atoms with Crippen LogP contribution in [0.3, 0.4) is 0 Å². The molecule has 1 heterocycles. The van der Waals surface area contributed by atoms with E-state index in [9.17, 15) is 9.18 Å². The Morgan fingerprint density at radius 1 is 1.42 bits per heavy atom. The van der Waals surface area contributed by atoms with Crippen LogP contribution >= 0.6 is 28.3 Å². The number of halogens is 3. The topological polar surface area (TPSA) is 41.1 Å². The fraction of sp³-hybridized carbons (Fsp3) is 0.462. The average molecular weight is 352 g/mol. The van der Waals surface area contributed by atoms with Crippen LogP contribution in [0.25, 0.3) is 0 Å². The Morgan fingerprint density at radius 2 is 2.05 bits per heavy atom. The van der Waals surface area contributed by atoms with Crippen LogP contribution < -0.4 is 10.6 Å². The van der Waals surface area contributed by atoms with Crippen LogP contribution in [0.2, 0.25) is 0 Å². The van der Waals surface area contributed by atoms with E-state index in [2.05, 4.69) is 26.6 Å². The van der Waals surface area contributed by atoms with Gasteiger partial charge in [-0.2, -0.15) is 0 Å². The monoisotopic (exact) mass is 350 g/mol. The molecule has 0 atom stereocenters. The normalized spacial score (nSPS) is 17.4. The molecule has 3 nitrogen and oxygen atoms in total. The number of piperidine rings is 1. The number of amides is 1. The van der Waals surface area contributed by atoms with Gasteiger partial charge in [-0.25, -0.2) is 4.39 Å². The fourth-order valence-corrected chi connectivity index (χ4v) is 2.33. The summed E-state index contributed by atoms with van der Waals surface area (Å²) < 4.78 is 13.7. The second-order valence-electron chi connectivity index (χ2n) is 4.89. The third-order valence-electron chi connectivity index (χ3n) is 3.30.